The van der Waals surface area contributed by atoms with Crippen LogP contribution in [0.1, 0.15) is 40.5 Å². The number of amides is 1. The molecule has 4 N–H and O–H groups in total. The fourth-order valence-electron chi connectivity index (χ4n) is 1.42. The minimum atomic E-state index is -4.10. The first kappa shape index (κ1) is 18.1. The normalized spacial score (nSPS) is 12.3. The van der Waals surface area contributed by atoms with E-state index in [2.05, 4.69) is 4.72 Å². The van der Waals surface area contributed by atoms with Crippen molar-refractivity contribution in [2.75, 3.05) is 0 Å². The quantitative estimate of drug-likeness (QED) is 0.600. The predicted molar refractivity (Wildman–Crippen MR) is 76.9 cm³/mol. The van der Waals surface area contributed by atoms with E-state index in [0.717, 1.165) is 0 Å². The molecule has 0 saturated heterocycles. The van der Waals surface area contributed by atoms with Crippen LogP contribution in [0.5, 0.6) is 0 Å². The van der Waals surface area contributed by atoms with Crippen LogP contribution in [0.2, 0.25) is 0 Å². The first-order valence-corrected chi connectivity index (χ1v) is 7.80. The number of nitrogens with one attached hydrogen (secondary N) is 2. The lowest BCUT2D eigenvalue weighted by Crippen LogP contribution is -2.59. The number of rotatable bonds is 7. The summed E-state index contributed by atoms with van der Waals surface area (Å²) in [6.45, 7) is 6.71. The molecule has 0 aliphatic heterocycles. The van der Waals surface area contributed by atoms with Crippen LogP contribution < -0.4 is 15.2 Å². The molecule has 0 aromatic carbocycles. The third-order valence-corrected chi connectivity index (χ3v) is 4.05. The number of thiocarbonyl (C=S) groups is 1. The van der Waals surface area contributed by atoms with Gasteiger partial charge in [0.2, 0.25) is 0 Å². The molecule has 0 aromatic heterocycles. The van der Waals surface area contributed by atoms with Crippen molar-refractivity contribution in [3.05, 3.63) is 0 Å². The average molecular weight is 311 g/mol. The average Bonchev–Trinajstić information content (AvgIpc) is 2.23. The van der Waals surface area contributed by atoms with Gasteiger partial charge >= 0.3 is 16.3 Å². The second-order valence-corrected chi connectivity index (χ2v) is 6.17. The van der Waals surface area contributed by atoms with E-state index >= 15 is 0 Å². The van der Waals surface area contributed by atoms with Gasteiger partial charge in [-0.15, -0.1) is 0 Å². The maximum atomic E-state index is 11.8. The summed E-state index contributed by atoms with van der Waals surface area (Å²) in [5.41, 5.74) is 4.52. The fraction of sp³-hybridized carbons (Fsp3) is 0.800. The van der Waals surface area contributed by atoms with Crippen LogP contribution in [-0.4, -0.2) is 31.1 Å². The smallest absolute Gasteiger partial charge is 0.422 e. The number of hydrogen-bond donors (Lipinski definition) is 3. The Balaban J connectivity index is 4.94. The number of nitrogens with two attached hydrogens (primary N) is 1. The van der Waals surface area contributed by atoms with Gasteiger partial charge in [-0.1, -0.05) is 26.1 Å². The van der Waals surface area contributed by atoms with Gasteiger partial charge < -0.3 is 10.5 Å². The van der Waals surface area contributed by atoms with Crippen molar-refractivity contribution in [3.63, 3.8) is 0 Å². The first-order valence-electron chi connectivity index (χ1n) is 5.90. The molecule has 0 spiro atoms. The van der Waals surface area contributed by atoms with E-state index in [4.69, 9.17) is 22.7 Å². The van der Waals surface area contributed by atoms with Crippen LogP contribution in [0.15, 0.2) is 0 Å². The summed E-state index contributed by atoms with van der Waals surface area (Å²) in [6.07, 6.45) is -0.725. The molecular formula is C10H21N3O4S2. The molecule has 112 valence electrons. The van der Waals surface area contributed by atoms with Gasteiger partial charge in [-0.05, 0) is 26.7 Å². The maximum absolute atomic E-state index is 11.8. The molecule has 19 heavy (non-hydrogen) atoms. The monoisotopic (exact) mass is 311 g/mol. The zero-order valence-electron chi connectivity index (χ0n) is 11.5. The van der Waals surface area contributed by atoms with Crippen molar-refractivity contribution in [1.82, 2.24) is 9.44 Å². The van der Waals surface area contributed by atoms with E-state index in [-0.39, 0.29) is 4.99 Å². The van der Waals surface area contributed by atoms with Gasteiger partial charge in [0.05, 0.1) is 16.6 Å². The SMILES string of the molecule is CCC(CC)(NS(=O)(=O)NC(=O)OC(C)C)C(N)=S. The molecule has 0 heterocycles. The second kappa shape index (κ2) is 7.01. The van der Waals surface area contributed by atoms with Gasteiger partial charge in [0, 0.05) is 0 Å². The standard InChI is InChI=1S/C10H21N3O4S2/c1-5-10(6-2,8(11)18)13-19(15,16)12-9(14)17-7(3)4/h7,13H,5-6H2,1-4H3,(H2,11,18)(H,12,14). The van der Waals surface area contributed by atoms with E-state index in [1.165, 1.54) is 0 Å². The highest BCUT2D eigenvalue weighted by molar-refractivity contribution is 7.88. The van der Waals surface area contributed by atoms with Gasteiger partial charge in [0.1, 0.15) is 0 Å². The molecule has 0 rings (SSSR count). The van der Waals surface area contributed by atoms with E-state index in [0.29, 0.717) is 12.8 Å². The molecule has 0 unspecified atom stereocenters. The molecule has 0 saturated carbocycles. The van der Waals surface area contributed by atoms with E-state index in [1.807, 2.05) is 0 Å². The summed E-state index contributed by atoms with van der Waals surface area (Å²) >= 11 is 4.89. The summed E-state index contributed by atoms with van der Waals surface area (Å²) in [6, 6.07) is 0. The zero-order chi connectivity index (χ0) is 15.3. The van der Waals surface area contributed by atoms with Crippen molar-refractivity contribution in [2.24, 2.45) is 5.73 Å². The van der Waals surface area contributed by atoms with Crippen molar-refractivity contribution in [3.8, 4) is 0 Å². The Morgan fingerprint density at radius 1 is 1.37 bits per heavy atom. The molecule has 0 aliphatic rings. The van der Waals surface area contributed by atoms with Crippen LogP contribution in [0.25, 0.3) is 0 Å². The predicted octanol–water partition coefficient (Wildman–Crippen LogP) is 0.800. The lowest BCUT2D eigenvalue weighted by atomic mass is 9.94. The molecule has 0 aromatic rings. The Hall–Kier alpha value is -0.930. The van der Waals surface area contributed by atoms with Gasteiger partial charge in [-0.25, -0.2) is 9.52 Å². The number of carbonyl (C=O) groups is 1. The molecule has 0 atom stereocenters. The molecule has 1 amide bonds. The van der Waals surface area contributed by atoms with Crippen LogP contribution in [-0.2, 0) is 14.9 Å². The largest absolute Gasteiger partial charge is 0.446 e. The molecule has 0 radical (unpaired) electrons. The van der Waals surface area contributed by atoms with Crippen LogP contribution in [0.3, 0.4) is 0 Å². The minimum Gasteiger partial charge on any atom is -0.446 e. The molecule has 9 heteroatoms. The van der Waals surface area contributed by atoms with Crippen LogP contribution >= 0.6 is 12.2 Å². The molecular weight excluding hydrogens is 290 g/mol. The third-order valence-electron chi connectivity index (χ3n) is 2.57. The number of carbonyl (C=O) groups excluding carboxylic acids is 1. The Morgan fingerprint density at radius 2 is 1.84 bits per heavy atom. The highest BCUT2D eigenvalue weighted by Crippen LogP contribution is 2.16. The van der Waals surface area contributed by atoms with Crippen LogP contribution in [0, 0.1) is 0 Å². The summed E-state index contributed by atoms with van der Waals surface area (Å²) in [5.74, 6) is 0. The van der Waals surface area contributed by atoms with E-state index < -0.39 is 27.9 Å². The second-order valence-electron chi connectivity index (χ2n) is 4.32. The Morgan fingerprint density at radius 3 is 2.16 bits per heavy atom. The topological polar surface area (TPSA) is 111 Å². The molecule has 0 aliphatic carbocycles. The highest BCUT2D eigenvalue weighted by atomic mass is 32.2. The summed E-state index contributed by atoms with van der Waals surface area (Å²) in [5, 5.41) is 0. The van der Waals surface area contributed by atoms with Gasteiger partial charge in [0.25, 0.3) is 0 Å². The minimum absolute atomic E-state index is 0.0279. The van der Waals surface area contributed by atoms with Gasteiger partial charge in [-0.2, -0.15) is 13.1 Å². The number of ether oxygens (including phenoxy) is 1. The maximum Gasteiger partial charge on any atom is 0.422 e. The molecule has 7 nitrogen and oxygen atoms in total. The number of hydrogen-bond acceptors (Lipinski definition) is 5. The fourth-order valence-corrected chi connectivity index (χ4v) is 3.06. The Labute approximate surface area is 119 Å². The van der Waals surface area contributed by atoms with Gasteiger partial charge in [-0.3, -0.25) is 0 Å². The van der Waals surface area contributed by atoms with Crippen molar-refractivity contribution >= 4 is 33.5 Å². The summed E-state index contributed by atoms with van der Waals surface area (Å²) in [7, 11) is -4.10. The van der Waals surface area contributed by atoms with Crippen molar-refractivity contribution in [2.45, 2.75) is 52.2 Å². The zero-order valence-corrected chi connectivity index (χ0v) is 13.2. The third kappa shape index (κ3) is 5.70. The van der Waals surface area contributed by atoms with Gasteiger partial charge in [0.15, 0.2) is 0 Å². The van der Waals surface area contributed by atoms with E-state index in [9.17, 15) is 13.2 Å². The first-order chi connectivity index (χ1) is 8.58. The Kier molecular flexibility index (Phi) is 6.67. The van der Waals surface area contributed by atoms with Crippen molar-refractivity contribution in [1.29, 1.82) is 0 Å². The molecule has 0 fully saturated rings. The molecule has 0 bridgehead atoms. The van der Waals surface area contributed by atoms with Crippen LogP contribution in [0.4, 0.5) is 4.79 Å². The highest BCUT2D eigenvalue weighted by Gasteiger charge is 2.35. The van der Waals surface area contributed by atoms with Crippen molar-refractivity contribution < 1.29 is 17.9 Å². The lowest BCUT2D eigenvalue weighted by Gasteiger charge is -2.30. The Bertz CT molecular complexity index is 430. The summed E-state index contributed by atoms with van der Waals surface area (Å²) < 4.78 is 32.4. The lowest BCUT2D eigenvalue weighted by molar-refractivity contribution is 0.121. The summed E-state index contributed by atoms with van der Waals surface area (Å²) in [4.78, 5) is 11.3. The van der Waals surface area contributed by atoms with E-state index in [1.54, 1.807) is 32.4 Å².